The molecule has 0 bridgehead atoms. The molecule has 156 valence electrons. The van der Waals surface area contributed by atoms with Gasteiger partial charge >= 0.3 is 0 Å². The molecule has 2 heteroatoms. The Labute approximate surface area is 193 Å². The summed E-state index contributed by atoms with van der Waals surface area (Å²) in [5, 5.41) is 3.52. The molecule has 33 heavy (non-hydrogen) atoms. The third-order valence-corrected chi connectivity index (χ3v) is 6.95. The highest BCUT2D eigenvalue weighted by molar-refractivity contribution is 5.87. The molecule has 1 heterocycles. The van der Waals surface area contributed by atoms with E-state index in [0.29, 0.717) is 0 Å². The standard InChI is InChI=1S/C31H21NO/c1-2-10-21(11-3-1)31(25-14-6-4-12-23(25)24-13-5-7-15-26(24)31)22-18-19-28-30(20-22)33-29-17-9-8-16-27(29)32-28/h1-20,32H. The predicted molar refractivity (Wildman–Crippen MR) is 134 cm³/mol. The van der Waals surface area contributed by atoms with E-state index in [-0.39, 0.29) is 0 Å². The molecule has 1 aliphatic heterocycles. The number of benzene rings is 5. The molecule has 0 fully saturated rings. The maximum atomic E-state index is 6.37. The second-order valence-electron chi connectivity index (χ2n) is 8.64. The van der Waals surface area contributed by atoms with Gasteiger partial charge in [0.05, 0.1) is 16.8 Å². The Balaban J connectivity index is 1.53. The van der Waals surface area contributed by atoms with Crippen molar-refractivity contribution in [2.45, 2.75) is 5.41 Å². The Bertz CT molecular complexity index is 1470. The zero-order chi connectivity index (χ0) is 21.8. The largest absolute Gasteiger partial charge is 0.453 e. The van der Waals surface area contributed by atoms with Crippen molar-refractivity contribution in [2.24, 2.45) is 0 Å². The molecule has 7 rings (SSSR count). The Morgan fingerprint density at radius 2 is 1.09 bits per heavy atom. The molecular weight excluding hydrogens is 402 g/mol. The first-order valence-electron chi connectivity index (χ1n) is 11.3. The monoisotopic (exact) mass is 423 g/mol. The molecule has 0 aromatic heterocycles. The van der Waals surface area contributed by atoms with Crippen LogP contribution in [-0.2, 0) is 5.41 Å². The maximum Gasteiger partial charge on any atom is 0.151 e. The van der Waals surface area contributed by atoms with Gasteiger partial charge in [-0.05, 0) is 57.6 Å². The number of fused-ring (bicyclic) bond motifs is 5. The summed E-state index contributed by atoms with van der Waals surface area (Å²) >= 11 is 0. The van der Waals surface area contributed by atoms with E-state index in [2.05, 4.69) is 102 Å². The van der Waals surface area contributed by atoms with Crippen LogP contribution >= 0.6 is 0 Å². The van der Waals surface area contributed by atoms with Crippen LogP contribution < -0.4 is 10.1 Å². The van der Waals surface area contributed by atoms with E-state index in [0.717, 1.165) is 22.9 Å². The molecule has 5 aromatic rings. The van der Waals surface area contributed by atoms with Gasteiger partial charge in [-0.25, -0.2) is 0 Å². The zero-order valence-electron chi connectivity index (χ0n) is 18.0. The lowest BCUT2D eigenvalue weighted by Gasteiger charge is -2.34. The summed E-state index contributed by atoms with van der Waals surface area (Å²) in [5.41, 5.74) is 9.22. The third kappa shape index (κ3) is 2.49. The van der Waals surface area contributed by atoms with Crippen molar-refractivity contribution in [1.29, 1.82) is 0 Å². The van der Waals surface area contributed by atoms with Crippen LogP contribution in [-0.4, -0.2) is 0 Å². The molecule has 5 aromatic carbocycles. The summed E-state index contributed by atoms with van der Waals surface area (Å²) in [6, 6.07) is 43.1. The molecule has 0 saturated carbocycles. The highest BCUT2D eigenvalue weighted by Crippen LogP contribution is 2.57. The van der Waals surface area contributed by atoms with Gasteiger partial charge in [-0.3, -0.25) is 0 Å². The van der Waals surface area contributed by atoms with Crippen molar-refractivity contribution < 1.29 is 4.74 Å². The summed E-state index contributed by atoms with van der Waals surface area (Å²) in [5.74, 6) is 1.70. The number of nitrogens with one attached hydrogen (secondary N) is 1. The maximum absolute atomic E-state index is 6.37. The predicted octanol–water partition coefficient (Wildman–Crippen LogP) is 7.90. The van der Waals surface area contributed by atoms with Crippen LogP contribution in [0.5, 0.6) is 11.5 Å². The summed E-state index contributed by atoms with van der Waals surface area (Å²) in [6.07, 6.45) is 0. The second-order valence-corrected chi connectivity index (χ2v) is 8.64. The first kappa shape index (κ1) is 18.3. The summed E-state index contributed by atoms with van der Waals surface area (Å²) < 4.78 is 6.37. The number of para-hydroxylation sites is 2. The smallest absolute Gasteiger partial charge is 0.151 e. The lowest BCUT2D eigenvalue weighted by molar-refractivity contribution is 0.479. The van der Waals surface area contributed by atoms with Crippen molar-refractivity contribution in [3.8, 4) is 22.6 Å². The molecule has 0 atom stereocenters. The zero-order valence-corrected chi connectivity index (χ0v) is 18.0. The molecule has 2 aliphatic rings. The van der Waals surface area contributed by atoms with Crippen LogP contribution in [0, 0.1) is 0 Å². The van der Waals surface area contributed by atoms with Crippen LogP contribution in [0.15, 0.2) is 121 Å². The molecule has 2 nitrogen and oxygen atoms in total. The number of hydrogen-bond donors (Lipinski definition) is 1. The van der Waals surface area contributed by atoms with Crippen molar-refractivity contribution in [3.05, 3.63) is 144 Å². The Morgan fingerprint density at radius 3 is 1.85 bits per heavy atom. The normalized spacial score (nSPS) is 14.2. The number of anilines is 2. The van der Waals surface area contributed by atoms with Crippen LogP contribution in [0.25, 0.3) is 11.1 Å². The molecule has 0 amide bonds. The van der Waals surface area contributed by atoms with Crippen LogP contribution in [0.3, 0.4) is 0 Å². The van der Waals surface area contributed by atoms with Crippen molar-refractivity contribution in [1.82, 2.24) is 0 Å². The van der Waals surface area contributed by atoms with Gasteiger partial charge in [0, 0.05) is 0 Å². The minimum atomic E-state index is -0.413. The lowest BCUT2D eigenvalue weighted by atomic mass is 9.67. The van der Waals surface area contributed by atoms with Gasteiger partial charge < -0.3 is 10.1 Å². The molecule has 0 saturated heterocycles. The lowest BCUT2D eigenvalue weighted by Crippen LogP contribution is -2.28. The van der Waals surface area contributed by atoms with E-state index in [1.165, 1.54) is 33.4 Å². The number of hydrogen-bond acceptors (Lipinski definition) is 2. The van der Waals surface area contributed by atoms with Gasteiger partial charge in [-0.1, -0.05) is 97.1 Å². The molecule has 0 radical (unpaired) electrons. The third-order valence-electron chi connectivity index (χ3n) is 6.95. The van der Waals surface area contributed by atoms with Gasteiger partial charge in [0.15, 0.2) is 11.5 Å². The first-order valence-corrected chi connectivity index (χ1v) is 11.3. The fourth-order valence-corrected chi connectivity index (χ4v) is 5.58. The van der Waals surface area contributed by atoms with Gasteiger partial charge in [0.1, 0.15) is 0 Å². The van der Waals surface area contributed by atoms with Crippen molar-refractivity contribution >= 4 is 11.4 Å². The fraction of sp³-hybridized carbons (Fsp3) is 0.0323. The van der Waals surface area contributed by atoms with E-state index in [4.69, 9.17) is 4.74 Å². The second kappa shape index (κ2) is 6.85. The van der Waals surface area contributed by atoms with Crippen molar-refractivity contribution in [3.63, 3.8) is 0 Å². The highest BCUT2D eigenvalue weighted by atomic mass is 16.5. The van der Waals surface area contributed by atoms with Crippen molar-refractivity contribution in [2.75, 3.05) is 5.32 Å². The molecule has 1 aliphatic carbocycles. The minimum Gasteiger partial charge on any atom is -0.453 e. The highest BCUT2D eigenvalue weighted by Gasteiger charge is 2.46. The Kier molecular flexibility index (Phi) is 3.80. The topological polar surface area (TPSA) is 21.3 Å². The van der Waals surface area contributed by atoms with Gasteiger partial charge in [0.2, 0.25) is 0 Å². The number of ether oxygens (including phenoxy) is 1. The summed E-state index contributed by atoms with van der Waals surface area (Å²) in [7, 11) is 0. The fourth-order valence-electron chi connectivity index (χ4n) is 5.58. The Hall–Kier alpha value is -4.30. The first-order chi connectivity index (χ1) is 16.4. The summed E-state index contributed by atoms with van der Waals surface area (Å²) in [4.78, 5) is 0. The average molecular weight is 424 g/mol. The molecule has 1 N–H and O–H groups in total. The summed E-state index contributed by atoms with van der Waals surface area (Å²) in [6.45, 7) is 0. The van der Waals surface area contributed by atoms with E-state index >= 15 is 0 Å². The van der Waals surface area contributed by atoms with E-state index in [9.17, 15) is 0 Å². The number of rotatable bonds is 2. The van der Waals surface area contributed by atoms with Gasteiger partial charge in [-0.15, -0.1) is 0 Å². The SMILES string of the molecule is c1ccc(C2(c3ccc4c(c3)Oc3ccccc3N4)c3ccccc3-c3ccccc32)cc1. The van der Waals surface area contributed by atoms with Gasteiger partial charge in [-0.2, -0.15) is 0 Å². The van der Waals surface area contributed by atoms with Crippen LogP contribution in [0.2, 0.25) is 0 Å². The molecule has 0 spiro atoms. The minimum absolute atomic E-state index is 0.413. The molecule has 0 unspecified atom stereocenters. The van der Waals surface area contributed by atoms with Gasteiger partial charge in [0.25, 0.3) is 0 Å². The van der Waals surface area contributed by atoms with E-state index < -0.39 is 5.41 Å². The van der Waals surface area contributed by atoms with Crippen LogP contribution in [0.4, 0.5) is 11.4 Å². The average Bonchev–Trinajstić information content (AvgIpc) is 3.19. The van der Waals surface area contributed by atoms with E-state index in [1.54, 1.807) is 0 Å². The molecular formula is C31H21NO. The quantitative estimate of drug-likeness (QED) is 0.305. The van der Waals surface area contributed by atoms with E-state index in [1.807, 2.05) is 24.3 Å². The Morgan fingerprint density at radius 1 is 0.485 bits per heavy atom. The van der Waals surface area contributed by atoms with Crippen LogP contribution in [0.1, 0.15) is 22.3 Å².